The molecule has 0 atom stereocenters. The van der Waals surface area contributed by atoms with E-state index < -0.39 is 0 Å². The third kappa shape index (κ3) is 3.30. The van der Waals surface area contributed by atoms with E-state index in [4.69, 9.17) is 23.2 Å². The molecule has 104 valence electrons. The fraction of sp³-hybridized carbons (Fsp3) is 0.133. The third-order valence-corrected chi connectivity index (χ3v) is 3.44. The second-order valence-electron chi connectivity index (χ2n) is 4.38. The normalized spacial score (nSPS) is 10.4. The van der Waals surface area contributed by atoms with E-state index >= 15 is 0 Å². The van der Waals surface area contributed by atoms with Crippen molar-refractivity contribution in [2.75, 3.05) is 7.05 Å². The second-order valence-corrected chi connectivity index (χ2v) is 5.22. The Kier molecular flexibility index (Phi) is 4.63. The standard InChI is InChI=1S/C15H12Cl2FNO/c1-19(9-10-4-2-3-5-14(10)18)15(20)12-8-11(16)6-7-13(12)17/h2-8H,9H2,1H3. The van der Waals surface area contributed by atoms with Crippen LogP contribution >= 0.6 is 23.2 Å². The van der Waals surface area contributed by atoms with Gasteiger partial charge in [-0.2, -0.15) is 0 Å². The van der Waals surface area contributed by atoms with Crippen molar-refractivity contribution < 1.29 is 9.18 Å². The van der Waals surface area contributed by atoms with Crippen LogP contribution < -0.4 is 0 Å². The van der Waals surface area contributed by atoms with E-state index in [2.05, 4.69) is 0 Å². The number of amides is 1. The molecule has 0 aliphatic heterocycles. The largest absolute Gasteiger partial charge is 0.337 e. The molecule has 0 radical (unpaired) electrons. The van der Waals surface area contributed by atoms with Crippen LogP contribution in [0, 0.1) is 5.82 Å². The Morgan fingerprint density at radius 3 is 2.60 bits per heavy atom. The summed E-state index contributed by atoms with van der Waals surface area (Å²) in [5.41, 5.74) is 0.750. The lowest BCUT2D eigenvalue weighted by Gasteiger charge is -2.18. The van der Waals surface area contributed by atoms with Crippen LogP contribution in [-0.2, 0) is 6.54 Å². The predicted octanol–water partition coefficient (Wildman–Crippen LogP) is 4.40. The van der Waals surface area contributed by atoms with Crippen molar-refractivity contribution in [1.82, 2.24) is 4.90 Å². The molecule has 0 unspecified atom stereocenters. The van der Waals surface area contributed by atoms with Crippen LogP contribution in [0.3, 0.4) is 0 Å². The molecule has 0 fully saturated rings. The fourth-order valence-corrected chi connectivity index (χ4v) is 2.19. The third-order valence-electron chi connectivity index (χ3n) is 2.87. The summed E-state index contributed by atoms with van der Waals surface area (Å²) in [5, 5.41) is 0.747. The molecule has 0 aromatic heterocycles. The lowest BCUT2D eigenvalue weighted by molar-refractivity contribution is 0.0784. The van der Waals surface area contributed by atoms with Gasteiger partial charge in [-0.25, -0.2) is 4.39 Å². The minimum atomic E-state index is -0.343. The molecule has 0 saturated carbocycles. The molecule has 0 spiro atoms. The van der Waals surface area contributed by atoms with Crippen molar-refractivity contribution in [3.63, 3.8) is 0 Å². The van der Waals surface area contributed by atoms with Gasteiger partial charge in [-0.1, -0.05) is 41.4 Å². The Hall–Kier alpha value is -1.58. The predicted molar refractivity (Wildman–Crippen MR) is 78.7 cm³/mol. The van der Waals surface area contributed by atoms with Crippen LogP contribution in [0.25, 0.3) is 0 Å². The molecule has 0 bridgehead atoms. The highest BCUT2D eigenvalue weighted by atomic mass is 35.5. The summed E-state index contributed by atoms with van der Waals surface area (Å²) in [7, 11) is 1.59. The number of rotatable bonds is 3. The van der Waals surface area contributed by atoms with Crippen molar-refractivity contribution in [2.24, 2.45) is 0 Å². The van der Waals surface area contributed by atoms with Crippen molar-refractivity contribution in [2.45, 2.75) is 6.54 Å². The van der Waals surface area contributed by atoms with Crippen molar-refractivity contribution in [3.8, 4) is 0 Å². The smallest absolute Gasteiger partial charge is 0.255 e. The lowest BCUT2D eigenvalue weighted by Crippen LogP contribution is -2.26. The maximum atomic E-state index is 13.6. The Morgan fingerprint density at radius 1 is 1.20 bits per heavy atom. The van der Waals surface area contributed by atoms with Crippen molar-refractivity contribution in [3.05, 3.63) is 69.5 Å². The number of benzene rings is 2. The van der Waals surface area contributed by atoms with Gasteiger partial charge >= 0.3 is 0 Å². The fourth-order valence-electron chi connectivity index (χ4n) is 1.82. The molecule has 5 heteroatoms. The molecular weight excluding hydrogens is 300 g/mol. The summed E-state index contributed by atoms with van der Waals surface area (Å²) >= 11 is 11.9. The summed E-state index contributed by atoms with van der Waals surface area (Å²) in [4.78, 5) is 13.7. The molecule has 2 nitrogen and oxygen atoms in total. The Bertz CT molecular complexity index is 646. The van der Waals surface area contributed by atoms with Crippen LogP contribution in [0.4, 0.5) is 4.39 Å². The Labute approximate surface area is 126 Å². The highest BCUT2D eigenvalue weighted by molar-refractivity contribution is 6.35. The van der Waals surface area contributed by atoms with Crippen LogP contribution in [0.15, 0.2) is 42.5 Å². The van der Waals surface area contributed by atoms with E-state index in [-0.39, 0.29) is 18.3 Å². The van der Waals surface area contributed by atoms with Gasteiger partial charge in [0, 0.05) is 24.2 Å². The average Bonchev–Trinajstić information content (AvgIpc) is 2.43. The number of halogens is 3. The molecule has 2 rings (SSSR count). The van der Waals surface area contributed by atoms with E-state index in [0.717, 1.165) is 0 Å². The Morgan fingerprint density at radius 2 is 1.90 bits per heavy atom. The SMILES string of the molecule is CN(Cc1ccccc1F)C(=O)c1cc(Cl)ccc1Cl. The van der Waals surface area contributed by atoms with E-state index in [1.54, 1.807) is 37.4 Å². The molecule has 0 heterocycles. The van der Waals surface area contributed by atoms with Gasteiger partial charge in [0.1, 0.15) is 5.82 Å². The molecule has 20 heavy (non-hydrogen) atoms. The Balaban J connectivity index is 2.21. The maximum absolute atomic E-state index is 13.6. The van der Waals surface area contributed by atoms with E-state index in [1.165, 1.54) is 17.0 Å². The van der Waals surface area contributed by atoms with Gasteiger partial charge in [-0.3, -0.25) is 4.79 Å². The molecular formula is C15H12Cl2FNO. The first-order chi connectivity index (χ1) is 9.49. The van der Waals surface area contributed by atoms with Gasteiger partial charge in [0.15, 0.2) is 0 Å². The maximum Gasteiger partial charge on any atom is 0.255 e. The first-order valence-electron chi connectivity index (χ1n) is 5.93. The zero-order valence-corrected chi connectivity index (χ0v) is 12.2. The minimum Gasteiger partial charge on any atom is -0.337 e. The zero-order valence-electron chi connectivity index (χ0n) is 10.7. The topological polar surface area (TPSA) is 20.3 Å². The molecule has 2 aromatic carbocycles. The van der Waals surface area contributed by atoms with Gasteiger partial charge in [-0.05, 0) is 24.3 Å². The van der Waals surface area contributed by atoms with Crippen molar-refractivity contribution in [1.29, 1.82) is 0 Å². The molecule has 0 aliphatic rings. The van der Waals surface area contributed by atoms with Gasteiger partial charge in [0.05, 0.1) is 10.6 Å². The summed E-state index contributed by atoms with van der Waals surface area (Å²) in [6.45, 7) is 0.161. The molecule has 1 amide bonds. The van der Waals surface area contributed by atoms with E-state index in [9.17, 15) is 9.18 Å². The summed E-state index contributed by atoms with van der Waals surface area (Å²) in [6.07, 6.45) is 0. The molecule has 0 N–H and O–H groups in total. The van der Waals surface area contributed by atoms with Gasteiger partial charge in [0.2, 0.25) is 0 Å². The van der Waals surface area contributed by atoms with Crippen LogP contribution in [-0.4, -0.2) is 17.9 Å². The van der Waals surface area contributed by atoms with Crippen LogP contribution in [0.5, 0.6) is 0 Å². The number of carbonyl (C=O) groups is 1. The first-order valence-corrected chi connectivity index (χ1v) is 6.68. The van der Waals surface area contributed by atoms with Gasteiger partial charge in [0.25, 0.3) is 5.91 Å². The minimum absolute atomic E-state index is 0.161. The monoisotopic (exact) mass is 311 g/mol. The first kappa shape index (κ1) is 14.8. The molecule has 2 aromatic rings. The summed E-state index contributed by atoms with van der Waals surface area (Å²) < 4.78 is 13.6. The van der Waals surface area contributed by atoms with Crippen LogP contribution in [0.2, 0.25) is 10.0 Å². The zero-order chi connectivity index (χ0) is 14.7. The number of hydrogen-bond acceptors (Lipinski definition) is 1. The van der Waals surface area contributed by atoms with E-state index in [0.29, 0.717) is 21.2 Å². The molecule has 0 saturated heterocycles. The highest BCUT2D eigenvalue weighted by Crippen LogP contribution is 2.22. The summed E-state index contributed by atoms with van der Waals surface area (Å²) in [5.74, 6) is -0.648. The quantitative estimate of drug-likeness (QED) is 0.822. The molecule has 0 aliphatic carbocycles. The average molecular weight is 312 g/mol. The number of carbonyl (C=O) groups excluding carboxylic acids is 1. The lowest BCUT2D eigenvalue weighted by atomic mass is 10.1. The van der Waals surface area contributed by atoms with Gasteiger partial charge in [-0.15, -0.1) is 0 Å². The number of nitrogens with zero attached hydrogens (tertiary/aromatic N) is 1. The second kappa shape index (κ2) is 6.25. The van der Waals surface area contributed by atoms with E-state index in [1.807, 2.05) is 0 Å². The highest BCUT2D eigenvalue weighted by Gasteiger charge is 2.16. The summed E-state index contributed by atoms with van der Waals surface area (Å²) in [6, 6.07) is 11.0. The van der Waals surface area contributed by atoms with Crippen LogP contribution in [0.1, 0.15) is 15.9 Å². The van der Waals surface area contributed by atoms with Crippen molar-refractivity contribution >= 4 is 29.1 Å². The van der Waals surface area contributed by atoms with Gasteiger partial charge < -0.3 is 4.90 Å². The number of hydrogen-bond donors (Lipinski definition) is 0.